The van der Waals surface area contributed by atoms with Gasteiger partial charge in [-0.05, 0) is 38.0 Å². The van der Waals surface area contributed by atoms with E-state index in [4.69, 9.17) is 11.0 Å². The summed E-state index contributed by atoms with van der Waals surface area (Å²) in [6, 6.07) is 10.8. The van der Waals surface area contributed by atoms with Crippen LogP contribution >= 0.6 is 11.8 Å². The highest BCUT2D eigenvalue weighted by atomic mass is 32.2. The zero-order chi connectivity index (χ0) is 18.4. The van der Waals surface area contributed by atoms with Crippen LogP contribution in [0.3, 0.4) is 0 Å². The molecule has 4 nitrogen and oxygen atoms in total. The zero-order valence-electron chi connectivity index (χ0n) is 14.8. The van der Waals surface area contributed by atoms with Crippen molar-refractivity contribution in [3.8, 4) is 6.07 Å². The van der Waals surface area contributed by atoms with Gasteiger partial charge in [0, 0.05) is 11.2 Å². The van der Waals surface area contributed by atoms with Crippen LogP contribution in [0.2, 0.25) is 0 Å². The molecule has 136 valence electrons. The van der Waals surface area contributed by atoms with Crippen LogP contribution in [-0.2, 0) is 11.2 Å². The van der Waals surface area contributed by atoms with Crippen molar-refractivity contribution in [1.82, 2.24) is 4.90 Å². The molecular weight excluding hydrogens is 337 g/mol. The van der Waals surface area contributed by atoms with Gasteiger partial charge >= 0.3 is 0 Å². The van der Waals surface area contributed by atoms with Gasteiger partial charge in [0.1, 0.15) is 12.2 Å². The van der Waals surface area contributed by atoms with Gasteiger partial charge in [-0.2, -0.15) is 17.0 Å². The third-order valence-corrected chi connectivity index (χ3v) is 6.11. The van der Waals surface area contributed by atoms with Crippen LogP contribution in [0.25, 0.3) is 0 Å². The van der Waals surface area contributed by atoms with Crippen LogP contribution in [0, 0.1) is 11.3 Å². The SMILES string of the molecule is CC(C)(SCCCc1ccccc1)C(N)C(=O)N1CC(F)CC1C#N. The first-order valence-corrected chi connectivity index (χ1v) is 9.61. The Morgan fingerprint density at radius 2 is 2.16 bits per heavy atom. The lowest BCUT2D eigenvalue weighted by Crippen LogP contribution is -2.54. The minimum atomic E-state index is -1.14. The highest BCUT2D eigenvalue weighted by Crippen LogP contribution is 2.31. The number of alkyl halides is 1. The summed E-state index contributed by atoms with van der Waals surface area (Å²) in [5, 5.41) is 9.11. The number of carbonyl (C=O) groups excluding carboxylic acids is 1. The van der Waals surface area contributed by atoms with Crippen molar-refractivity contribution in [1.29, 1.82) is 5.26 Å². The lowest BCUT2D eigenvalue weighted by Gasteiger charge is -2.33. The third kappa shape index (κ3) is 5.20. The first-order chi connectivity index (χ1) is 11.8. The summed E-state index contributed by atoms with van der Waals surface area (Å²) in [5.74, 6) is 0.559. The van der Waals surface area contributed by atoms with E-state index in [9.17, 15) is 9.18 Å². The van der Waals surface area contributed by atoms with Gasteiger partial charge in [-0.3, -0.25) is 4.79 Å². The molecule has 1 aliphatic heterocycles. The zero-order valence-corrected chi connectivity index (χ0v) is 15.6. The van der Waals surface area contributed by atoms with Crippen LogP contribution in [0.5, 0.6) is 0 Å². The molecule has 6 heteroatoms. The summed E-state index contributed by atoms with van der Waals surface area (Å²) < 4.78 is 13.1. The van der Waals surface area contributed by atoms with E-state index in [1.807, 2.05) is 38.1 Å². The topological polar surface area (TPSA) is 70.1 Å². The molecule has 1 amide bonds. The number of carbonyl (C=O) groups is 1. The molecule has 0 aliphatic carbocycles. The van der Waals surface area contributed by atoms with Crippen LogP contribution in [-0.4, -0.2) is 46.1 Å². The predicted molar refractivity (Wildman–Crippen MR) is 99.9 cm³/mol. The van der Waals surface area contributed by atoms with E-state index in [-0.39, 0.29) is 18.9 Å². The molecule has 1 saturated heterocycles. The summed E-state index contributed by atoms with van der Waals surface area (Å²) in [4.78, 5) is 13.9. The Morgan fingerprint density at radius 3 is 2.80 bits per heavy atom. The van der Waals surface area contributed by atoms with E-state index in [0.29, 0.717) is 0 Å². The van der Waals surface area contributed by atoms with Crippen molar-refractivity contribution < 1.29 is 9.18 Å². The summed E-state index contributed by atoms with van der Waals surface area (Å²) in [6.07, 6.45) is 0.928. The van der Waals surface area contributed by atoms with Crippen molar-refractivity contribution >= 4 is 17.7 Å². The normalized spacial score (nSPS) is 21.8. The van der Waals surface area contributed by atoms with Crippen molar-refractivity contribution in [2.24, 2.45) is 5.73 Å². The number of aryl methyl sites for hydroxylation is 1. The maximum Gasteiger partial charge on any atom is 0.242 e. The van der Waals surface area contributed by atoms with Gasteiger partial charge in [0.05, 0.1) is 18.7 Å². The molecule has 0 saturated carbocycles. The quantitative estimate of drug-likeness (QED) is 0.756. The summed E-state index contributed by atoms with van der Waals surface area (Å²) in [6.45, 7) is 3.85. The number of hydrogen-bond donors (Lipinski definition) is 1. The molecule has 1 fully saturated rings. The number of nitriles is 1. The Bertz CT molecular complexity index is 617. The molecule has 2 rings (SSSR count). The molecule has 3 atom stereocenters. The molecule has 2 N–H and O–H groups in total. The van der Waals surface area contributed by atoms with Gasteiger partial charge in [0.25, 0.3) is 0 Å². The van der Waals surface area contributed by atoms with Gasteiger partial charge in [0.15, 0.2) is 0 Å². The van der Waals surface area contributed by atoms with Gasteiger partial charge in [-0.25, -0.2) is 4.39 Å². The Hall–Kier alpha value is -1.58. The smallest absolute Gasteiger partial charge is 0.242 e. The molecule has 0 spiro atoms. The molecule has 0 bridgehead atoms. The molecule has 1 aromatic carbocycles. The van der Waals surface area contributed by atoms with E-state index < -0.39 is 23.0 Å². The van der Waals surface area contributed by atoms with Gasteiger partial charge in [-0.1, -0.05) is 30.3 Å². The van der Waals surface area contributed by atoms with Gasteiger partial charge in [0.2, 0.25) is 5.91 Å². The summed E-state index contributed by atoms with van der Waals surface area (Å²) >= 11 is 1.65. The monoisotopic (exact) mass is 363 g/mol. The lowest BCUT2D eigenvalue weighted by atomic mass is 10.0. The molecule has 1 aliphatic rings. The maximum absolute atomic E-state index is 13.5. The average molecular weight is 364 g/mol. The lowest BCUT2D eigenvalue weighted by molar-refractivity contribution is -0.133. The van der Waals surface area contributed by atoms with Gasteiger partial charge in [-0.15, -0.1) is 0 Å². The first-order valence-electron chi connectivity index (χ1n) is 8.63. The second-order valence-electron chi connectivity index (χ2n) is 6.99. The number of rotatable bonds is 7. The van der Waals surface area contributed by atoms with Crippen LogP contribution < -0.4 is 5.73 Å². The minimum absolute atomic E-state index is 0.0283. The van der Waals surface area contributed by atoms with Crippen molar-refractivity contribution in [3.63, 3.8) is 0 Å². The number of hydrogen-bond acceptors (Lipinski definition) is 4. The number of nitrogens with zero attached hydrogens (tertiary/aromatic N) is 2. The summed E-state index contributed by atoms with van der Waals surface area (Å²) in [7, 11) is 0. The number of nitrogens with two attached hydrogens (primary N) is 1. The van der Waals surface area contributed by atoms with E-state index in [1.165, 1.54) is 10.5 Å². The molecule has 1 heterocycles. The molecule has 0 radical (unpaired) electrons. The molecular formula is C19H26FN3OS. The molecule has 0 aromatic heterocycles. The molecule has 3 unspecified atom stereocenters. The van der Waals surface area contributed by atoms with Crippen LogP contribution in [0.15, 0.2) is 30.3 Å². The van der Waals surface area contributed by atoms with E-state index >= 15 is 0 Å². The van der Waals surface area contributed by atoms with E-state index in [0.717, 1.165) is 18.6 Å². The Kier molecular flexibility index (Phi) is 6.86. The average Bonchev–Trinajstić information content (AvgIpc) is 2.99. The summed E-state index contributed by atoms with van der Waals surface area (Å²) in [5.41, 5.74) is 7.48. The number of benzene rings is 1. The standard InChI is InChI=1S/C19H26FN3OS/c1-19(2,25-10-6-9-14-7-4-3-5-8-14)17(22)18(24)23-13-15(20)11-16(23)12-21/h3-5,7-8,15-17H,6,9-11,13,22H2,1-2H3. The fraction of sp³-hybridized carbons (Fsp3) is 0.579. The highest BCUT2D eigenvalue weighted by molar-refractivity contribution is 8.00. The predicted octanol–water partition coefficient (Wildman–Crippen LogP) is 2.92. The van der Waals surface area contributed by atoms with E-state index in [1.54, 1.807) is 11.8 Å². The maximum atomic E-state index is 13.5. The van der Waals surface area contributed by atoms with Crippen LogP contribution in [0.4, 0.5) is 4.39 Å². The Balaban J connectivity index is 1.85. The third-order valence-electron chi connectivity index (χ3n) is 4.62. The second-order valence-corrected chi connectivity index (χ2v) is 8.74. The number of likely N-dealkylation sites (tertiary alicyclic amines) is 1. The fourth-order valence-corrected chi connectivity index (χ4v) is 4.07. The van der Waals surface area contributed by atoms with Crippen molar-refractivity contribution in [2.45, 2.75) is 56.1 Å². The van der Waals surface area contributed by atoms with Crippen molar-refractivity contribution in [3.05, 3.63) is 35.9 Å². The van der Waals surface area contributed by atoms with E-state index in [2.05, 4.69) is 12.1 Å². The second kappa shape index (κ2) is 8.68. The largest absolute Gasteiger partial charge is 0.322 e. The van der Waals surface area contributed by atoms with Crippen LogP contribution in [0.1, 0.15) is 32.3 Å². The molecule has 25 heavy (non-hydrogen) atoms. The Morgan fingerprint density at radius 1 is 1.48 bits per heavy atom. The first kappa shape index (κ1) is 19.7. The molecule has 1 aromatic rings. The Labute approximate surface area is 153 Å². The number of thioether (sulfide) groups is 1. The minimum Gasteiger partial charge on any atom is -0.322 e. The highest BCUT2D eigenvalue weighted by Gasteiger charge is 2.41. The number of amides is 1. The van der Waals surface area contributed by atoms with Crippen molar-refractivity contribution in [2.75, 3.05) is 12.3 Å². The fourth-order valence-electron chi connectivity index (χ4n) is 2.97. The number of halogens is 1. The van der Waals surface area contributed by atoms with Gasteiger partial charge < -0.3 is 10.6 Å².